The number of amides is 1. The molecule has 0 saturated heterocycles. The lowest BCUT2D eigenvalue weighted by atomic mass is 9.92. The summed E-state index contributed by atoms with van der Waals surface area (Å²) in [4.78, 5) is 12.9. The van der Waals surface area contributed by atoms with E-state index in [9.17, 15) is 18.3 Å². The third-order valence-electron chi connectivity index (χ3n) is 5.55. The second kappa shape index (κ2) is 12.5. The Kier molecular flexibility index (Phi) is 10.3. The van der Waals surface area contributed by atoms with Gasteiger partial charge >= 0.3 is 0 Å². The summed E-state index contributed by atoms with van der Waals surface area (Å²) in [6.07, 6.45) is 0.789. The number of carbonyl (C=O) groups is 1. The number of nitrogen functional groups attached to an aromatic ring is 1. The van der Waals surface area contributed by atoms with Gasteiger partial charge in [-0.25, -0.2) is 8.42 Å². The van der Waals surface area contributed by atoms with Crippen LogP contribution in [0, 0.1) is 5.92 Å². The summed E-state index contributed by atoms with van der Waals surface area (Å²) in [5.74, 6) is -0.461. The smallest absolute Gasteiger partial charge is 0.245 e. The molecule has 0 unspecified atom stereocenters. The molecule has 1 amide bonds. The zero-order chi connectivity index (χ0) is 25.4. The highest BCUT2D eigenvalue weighted by Gasteiger charge is 2.35. The Balaban J connectivity index is 2.08. The van der Waals surface area contributed by atoms with E-state index in [1.807, 2.05) is 19.9 Å². The van der Waals surface area contributed by atoms with Crippen molar-refractivity contribution in [3.63, 3.8) is 0 Å². The number of sulfonamides is 1. The molecule has 2 rings (SSSR count). The predicted octanol–water partition coefficient (Wildman–Crippen LogP) is 2.27. The fraction of sp³-hybridized carbons (Fsp3) is 0.458. The van der Waals surface area contributed by atoms with Gasteiger partial charge in [0.15, 0.2) is 0 Å². The lowest BCUT2D eigenvalue weighted by Crippen LogP contribution is -2.53. The number of aliphatic hydroxyl groups excluding tert-OH is 1. The van der Waals surface area contributed by atoms with Crippen LogP contribution in [0.1, 0.15) is 32.3 Å². The number of rotatable bonds is 13. The van der Waals surface area contributed by atoms with Gasteiger partial charge in [-0.3, -0.25) is 4.79 Å². The molecular weight excluding hydrogens is 476 g/mol. The molecule has 6 N–H and O–H groups in total. The molecule has 10 heteroatoms. The molecule has 2 aromatic rings. The van der Waals surface area contributed by atoms with Crippen LogP contribution in [0.15, 0.2) is 59.5 Å². The van der Waals surface area contributed by atoms with Gasteiger partial charge in [0, 0.05) is 24.8 Å². The molecule has 0 bridgehead atoms. The maximum atomic E-state index is 13.3. The van der Waals surface area contributed by atoms with Crippen LogP contribution in [0.25, 0.3) is 0 Å². The summed E-state index contributed by atoms with van der Waals surface area (Å²) < 4.78 is 28.0. The number of hydrogen-bond donors (Lipinski definition) is 4. The van der Waals surface area contributed by atoms with Crippen LogP contribution in [0.3, 0.4) is 0 Å². The third kappa shape index (κ3) is 6.93. The summed E-state index contributed by atoms with van der Waals surface area (Å²) >= 11 is 6.03. The highest BCUT2D eigenvalue weighted by molar-refractivity contribution is 7.89. The molecule has 34 heavy (non-hydrogen) atoms. The van der Waals surface area contributed by atoms with Gasteiger partial charge < -0.3 is 21.9 Å². The minimum Gasteiger partial charge on any atom is -0.399 e. The van der Waals surface area contributed by atoms with Gasteiger partial charge in [0.05, 0.1) is 17.4 Å². The Labute approximate surface area is 207 Å². The molecule has 8 nitrogen and oxygen atoms in total. The SMILES string of the molecule is CC(C)CN([C@H](CO)CCCNC(=O)[C@](N)(CCl)c1ccccc1)S(=O)(=O)c1ccc(N)cc1. The molecule has 0 aliphatic heterocycles. The molecule has 2 aromatic carbocycles. The van der Waals surface area contributed by atoms with Gasteiger partial charge in [-0.05, 0) is 48.6 Å². The maximum Gasteiger partial charge on any atom is 0.245 e. The molecule has 2 atom stereocenters. The van der Waals surface area contributed by atoms with Crippen LogP contribution >= 0.6 is 11.6 Å². The number of aliphatic hydroxyl groups is 1. The number of nitrogens with two attached hydrogens (primary N) is 2. The Bertz CT molecular complexity index is 1020. The van der Waals surface area contributed by atoms with Crippen molar-refractivity contribution in [2.75, 3.05) is 31.3 Å². The summed E-state index contributed by atoms with van der Waals surface area (Å²) in [7, 11) is -3.85. The van der Waals surface area contributed by atoms with Crippen molar-refractivity contribution in [3.8, 4) is 0 Å². The summed E-state index contributed by atoms with van der Waals surface area (Å²) in [6, 6.07) is 14.2. The minimum atomic E-state index is -3.85. The van der Waals surface area contributed by atoms with E-state index >= 15 is 0 Å². The Hall–Kier alpha value is -2.17. The molecule has 0 heterocycles. The monoisotopic (exact) mass is 510 g/mol. The molecule has 0 aliphatic rings. The van der Waals surface area contributed by atoms with Gasteiger partial charge in [-0.15, -0.1) is 11.6 Å². The van der Waals surface area contributed by atoms with Gasteiger partial charge in [0.25, 0.3) is 0 Å². The molecule has 0 radical (unpaired) electrons. The largest absolute Gasteiger partial charge is 0.399 e. The normalized spacial score (nSPS) is 14.7. The quantitative estimate of drug-likeness (QED) is 0.185. The number of carbonyl (C=O) groups excluding carboxylic acids is 1. The van der Waals surface area contributed by atoms with E-state index in [1.54, 1.807) is 24.3 Å². The average Bonchev–Trinajstić information content (AvgIpc) is 2.83. The first-order valence-corrected chi connectivity index (χ1v) is 13.2. The number of nitrogens with zero attached hydrogens (tertiary/aromatic N) is 1. The maximum absolute atomic E-state index is 13.3. The van der Waals surface area contributed by atoms with Crippen LogP contribution in [0.5, 0.6) is 0 Å². The first-order chi connectivity index (χ1) is 16.1. The Morgan fingerprint density at radius 2 is 1.76 bits per heavy atom. The molecule has 188 valence electrons. The fourth-order valence-corrected chi connectivity index (χ4v) is 5.69. The fourth-order valence-electron chi connectivity index (χ4n) is 3.61. The standard InChI is InChI=1S/C24H35ClN4O4S/c1-18(2)15-29(34(32,33)22-12-10-20(26)11-13-22)21(16-30)9-6-14-28-23(31)24(27,17-25)19-7-4-3-5-8-19/h3-5,7-8,10-13,18,21,30H,6,9,14-17,26-27H2,1-2H3,(H,28,31)/t21-,24-/m0/s1. The lowest BCUT2D eigenvalue weighted by Gasteiger charge is -2.31. The number of anilines is 1. The van der Waals surface area contributed by atoms with Crippen molar-refractivity contribution >= 4 is 33.2 Å². The topological polar surface area (TPSA) is 139 Å². The van der Waals surface area contributed by atoms with Crippen LogP contribution in [-0.4, -0.2) is 55.4 Å². The molecule has 0 aromatic heterocycles. The highest BCUT2D eigenvalue weighted by Crippen LogP contribution is 2.23. The van der Waals surface area contributed by atoms with Crippen molar-refractivity contribution in [2.45, 2.75) is 43.2 Å². The van der Waals surface area contributed by atoms with Gasteiger partial charge in [-0.1, -0.05) is 44.2 Å². The zero-order valence-electron chi connectivity index (χ0n) is 19.7. The molecule has 0 fully saturated rings. The molecule has 0 saturated carbocycles. The Morgan fingerprint density at radius 1 is 1.15 bits per heavy atom. The van der Waals surface area contributed by atoms with E-state index in [0.29, 0.717) is 24.1 Å². The summed E-state index contributed by atoms with van der Waals surface area (Å²) in [6.45, 7) is 3.99. The van der Waals surface area contributed by atoms with Crippen molar-refractivity contribution < 1.29 is 18.3 Å². The first-order valence-electron chi connectivity index (χ1n) is 11.2. The number of benzene rings is 2. The lowest BCUT2D eigenvalue weighted by molar-refractivity contribution is -0.125. The number of alkyl halides is 1. The summed E-state index contributed by atoms with van der Waals surface area (Å²) in [5, 5.41) is 12.8. The number of halogens is 1. The van der Waals surface area contributed by atoms with Crippen molar-refractivity contribution in [1.29, 1.82) is 0 Å². The van der Waals surface area contributed by atoms with Crippen molar-refractivity contribution in [1.82, 2.24) is 9.62 Å². The third-order valence-corrected chi connectivity index (χ3v) is 7.91. The average molecular weight is 511 g/mol. The predicted molar refractivity (Wildman–Crippen MR) is 136 cm³/mol. The molecular formula is C24H35ClN4O4S. The minimum absolute atomic E-state index is 0.0461. The highest BCUT2D eigenvalue weighted by atomic mass is 35.5. The van der Waals surface area contributed by atoms with Crippen LogP contribution in [-0.2, 0) is 20.4 Å². The van der Waals surface area contributed by atoms with Gasteiger partial charge in [-0.2, -0.15) is 4.31 Å². The van der Waals surface area contributed by atoms with E-state index in [4.69, 9.17) is 23.1 Å². The first kappa shape index (κ1) is 28.1. The van der Waals surface area contributed by atoms with Crippen molar-refractivity contribution in [2.24, 2.45) is 11.7 Å². The van der Waals surface area contributed by atoms with Crippen molar-refractivity contribution in [3.05, 3.63) is 60.2 Å². The number of nitrogens with one attached hydrogen (secondary N) is 1. The van der Waals surface area contributed by atoms with E-state index in [-0.39, 0.29) is 36.4 Å². The summed E-state index contributed by atoms with van der Waals surface area (Å²) in [5.41, 5.74) is 11.7. The number of hydrogen-bond acceptors (Lipinski definition) is 6. The second-order valence-electron chi connectivity index (χ2n) is 8.74. The zero-order valence-corrected chi connectivity index (χ0v) is 21.2. The second-order valence-corrected chi connectivity index (χ2v) is 10.9. The van der Waals surface area contributed by atoms with Crippen LogP contribution < -0.4 is 16.8 Å². The Morgan fingerprint density at radius 3 is 2.29 bits per heavy atom. The van der Waals surface area contributed by atoms with E-state index in [0.717, 1.165) is 0 Å². The van der Waals surface area contributed by atoms with E-state index in [2.05, 4.69) is 5.32 Å². The van der Waals surface area contributed by atoms with Gasteiger partial charge in [0.2, 0.25) is 15.9 Å². The molecule has 0 aliphatic carbocycles. The molecule has 0 spiro atoms. The van der Waals surface area contributed by atoms with E-state index in [1.165, 1.54) is 28.6 Å². The van der Waals surface area contributed by atoms with Crippen LogP contribution in [0.4, 0.5) is 5.69 Å². The van der Waals surface area contributed by atoms with Gasteiger partial charge in [0.1, 0.15) is 5.54 Å². The van der Waals surface area contributed by atoms with E-state index < -0.39 is 27.5 Å². The van der Waals surface area contributed by atoms with Crippen LogP contribution in [0.2, 0.25) is 0 Å².